The number of benzene rings is 1. The second-order valence-corrected chi connectivity index (χ2v) is 7.62. The van der Waals surface area contributed by atoms with Crippen LogP contribution in [0.1, 0.15) is 28.1 Å². The number of amides is 1. The Morgan fingerprint density at radius 2 is 2.09 bits per heavy atom. The van der Waals surface area contributed by atoms with Crippen LogP contribution >= 0.6 is 35.5 Å². The van der Waals surface area contributed by atoms with Crippen molar-refractivity contribution in [3.63, 3.8) is 0 Å². The van der Waals surface area contributed by atoms with Gasteiger partial charge < -0.3 is 11.1 Å². The van der Waals surface area contributed by atoms with Crippen LogP contribution in [0.15, 0.2) is 46.7 Å². The van der Waals surface area contributed by atoms with Gasteiger partial charge in [-0.25, -0.2) is 0 Å². The molecular weight excluding hydrogens is 348 g/mol. The first-order valence-corrected chi connectivity index (χ1v) is 9.38. The standard InChI is InChI=1S/C17H20N2OS2.ClH/c18-15(12-7-8-12)10-19-17(20)14-5-1-2-6-16(14)22-11-13-4-3-9-21-13;/h1-6,9,12,15H,7-8,10-11,18H2,(H,19,20);1H. The Hall–Kier alpha value is -1.01. The van der Waals surface area contributed by atoms with Crippen LogP contribution in [0.25, 0.3) is 0 Å². The highest BCUT2D eigenvalue weighted by atomic mass is 35.5. The molecule has 1 atom stereocenters. The third-order valence-electron chi connectivity index (χ3n) is 3.81. The van der Waals surface area contributed by atoms with Gasteiger partial charge >= 0.3 is 0 Å². The smallest absolute Gasteiger partial charge is 0.252 e. The summed E-state index contributed by atoms with van der Waals surface area (Å²) in [5, 5.41) is 5.06. The van der Waals surface area contributed by atoms with E-state index in [1.54, 1.807) is 23.1 Å². The predicted molar refractivity (Wildman–Crippen MR) is 101 cm³/mol. The zero-order valence-corrected chi connectivity index (χ0v) is 15.2. The highest BCUT2D eigenvalue weighted by molar-refractivity contribution is 7.98. The van der Waals surface area contributed by atoms with Crippen molar-refractivity contribution in [3.05, 3.63) is 52.2 Å². The lowest BCUT2D eigenvalue weighted by Crippen LogP contribution is -2.38. The summed E-state index contributed by atoms with van der Waals surface area (Å²) >= 11 is 3.45. The van der Waals surface area contributed by atoms with Crippen LogP contribution in [-0.4, -0.2) is 18.5 Å². The number of rotatable bonds is 7. The minimum Gasteiger partial charge on any atom is -0.350 e. The van der Waals surface area contributed by atoms with Crippen molar-refractivity contribution in [2.24, 2.45) is 11.7 Å². The number of carbonyl (C=O) groups excluding carboxylic acids is 1. The van der Waals surface area contributed by atoms with Gasteiger partial charge in [0.15, 0.2) is 0 Å². The Kier molecular flexibility index (Phi) is 6.96. The van der Waals surface area contributed by atoms with Gasteiger partial charge in [-0.05, 0) is 42.3 Å². The van der Waals surface area contributed by atoms with Crippen LogP contribution in [0.3, 0.4) is 0 Å². The van der Waals surface area contributed by atoms with Crippen molar-refractivity contribution in [1.82, 2.24) is 5.32 Å². The molecule has 1 unspecified atom stereocenters. The molecule has 1 aliphatic rings. The molecule has 1 amide bonds. The molecule has 23 heavy (non-hydrogen) atoms. The summed E-state index contributed by atoms with van der Waals surface area (Å²) in [7, 11) is 0. The monoisotopic (exact) mass is 368 g/mol. The molecule has 1 heterocycles. The van der Waals surface area contributed by atoms with Crippen molar-refractivity contribution in [2.75, 3.05) is 6.54 Å². The molecule has 0 bridgehead atoms. The lowest BCUT2D eigenvalue weighted by Gasteiger charge is -2.13. The van der Waals surface area contributed by atoms with E-state index in [9.17, 15) is 4.79 Å². The minimum absolute atomic E-state index is 0. The Bertz CT molecular complexity index is 629. The summed E-state index contributed by atoms with van der Waals surface area (Å²) in [6.07, 6.45) is 2.40. The van der Waals surface area contributed by atoms with Crippen molar-refractivity contribution in [3.8, 4) is 0 Å². The van der Waals surface area contributed by atoms with Gasteiger partial charge in [0.2, 0.25) is 0 Å². The third-order valence-corrected chi connectivity index (χ3v) is 5.99. The molecule has 1 saturated carbocycles. The maximum atomic E-state index is 12.4. The zero-order valence-electron chi connectivity index (χ0n) is 12.7. The Morgan fingerprint density at radius 3 is 2.78 bits per heavy atom. The maximum Gasteiger partial charge on any atom is 0.252 e. The molecule has 1 aliphatic carbocycles. The molecule has 0 radical (unpaired) electrons. The number of nitrogens with one attached hydrogen (secondary N) is 1. The highest BCUT2D eigenvalue weighted by Gasteiger charge is 2.28. The van der Waals surface area contributed by atoms with E-state index in [2.05, 4.69) is 22.8 Å². The normalized spacial score (nSPS) is 14.8. The van der Waals surface area contributed by atoms with Crippen LogP contribution in [0, 0.1) is 5.92 Å². The van der Waals surface area contributed by atoms with Crippen LogP contribution < -0.4 is 11.1 Å². The van der Waals surface area contributed by atoms with Crippen molar-refractivity contribution >= 4 is 41.4 Å². The summed E-state index contributed by atoms with van der Waals surface area (Å²) in [4.78, 5) is 14.7. The molecular formula is C17H21ClN2OS2. The van der Waals surface area contributed by atoms with E-state index in [1.807, 2.05) is 24.3 Å². The number of carbonyl (C=O) groups is 1. The van der Waals surface area contributed by atoms with Crippen LogP contribution in [-0.2, 0) is 5.75 Å². The van der Waals surface area contributed by atoms with E-state index < -0.39 is 0 Å². The van der Waals surface area contributed by atoms with Gasteiger partial charge in [0.05, 0.1) is 5.56 Å². The molecule has 3 N–H and O–H groups in total. The lowest BCUT2D eigenvalue weighted by molar-refractivity contribution is 0.0947. The van der Waals surface area contributed by atoms with E-state index in [1.165, 1.54) is 17.7 Å². The molecule has 2 aromatic rings. The van der Waals surface area contributed by atoms with E-state index in [-0.39, 0.29) is 24.4 Å². The molecule has 1 aromatic carbocycles. The Balaban J connectivity index is 0.00000192. The van der Waals surface area contributed by atoms with Gasteiger partial charge in [-0.2, -0.15) is 0 Å². The van der Waals surface area contributed by atoms with Crippen molar-refractivity contribution in [2.45, 2.75) is 29.5 Å². The first-order valence-electron chi connectivity index (χ1n) is 7.52. The van der Waals surface area contributed by atoms with Gasteiger partial charge in [0.1, 0.15) is 0 Å². The Morgan fingerprint density at radius 1 is 1.30 bits per heavy atom. The largest absolute Gasteiger partial charge is 0.350 e. The fourth-order valence-corrected chi connectivity index (χ4v) is 4.14. The second kappa shape index (κ2) is 8.73. The Labute approximate surface area is 151 Å². The summed E-state index contributed by atoms with van der Waals surface area (Å²) in [6.45, 7) is 0.563. The lowest BCUT2D eigenvalue weighted by atomic mass is 10.2. The van der Waals surface area contributed by atoms with Gasteiger partial charge in [-0.3, -0.25) is 4.79 Å². The fraction of sp³-hybridized carbons (Fsp3) is 0.353. The number of hydrogen-bond donors (Lipinski definition) is 2. The number of thiophene rings is 1. The van der Waals surface area contributed by atoms with E-state index in [4.69, 9.17) is 5.73 Å². The summed E-state index contributed by atoms with van der Waals surface area (Å²) in [5.74, 6) is 1.47. The first-order chi connectivity index (χ1) is 10.7. The van der Waals surface area contributed by atoms with E-state index >= 15 is 0 Å². The number of thioether (sulfide) groups is 1. The topological polar surface area (TPSA) is 55.1 Å². The van der Waals surface area contributed by atoms with Crippen molar-refractivity contribution < 1.29 is 4.79 Å². The van der Waals surface area contributed by atoms with Crippen LogP contribution in [0.4, 0.5) is 0 Å². The molecule has 1 fully saturated rings. The molecule has 3 nitrogen and oxygen atoms in total. The van der Waals surface area contributed by atoms with Gasteiger partial charge in [-0.15, -0.1) is 35.5 Å². The number of nitrogens with two attached hydrogens (primary N) is 1. The molecule has 0 spiro atoms. The predicted octanol–water partition coefficient (Wildman–Crippen LogP) is 3.93. The first kappa shape index (κ1) is 18.3. The van der Waals surface area contributed by atoms with Crippen LogP contribution in [0.5, 0.6) is 0 Å². The SMILES string of the molecule is Cl.NC(CNC(=O)c1ccccc1SCc1cccs1)C1CC1. The van der Waals surface area contributed by atoms with Gasteiger partial charge in [-0.1, -0.05) is 18.2 Å². The fourth-order valence-electron chi connectivity index (χ4n) is 2.32. The average molecular weight is 369 g/mol. The number of halogens is 1. The van der Waals surface area contributed by atoms with Gasteiger partial charge in [0, 0.05) is 28.1 Å². The molecule has 3 rings (SSSR count). The molecule has 1 aromatic heterocycles. The molecule has 0 saturated heterocycles. The second-order valence-electron chi connectivity index (χ2n) is 5.58. The quantitative estimate of drug-likeness (QED) is 0.728. The zero-order chi connectivity index (χ0) is 15.4. The summed E-state index contributed by atoms with van der Waals surface area (Å²) in [6, 6.07) is 12.0. The van der Waals surface area contributed by atoms with Gasteiger partial charge in [0.25, 0.3) is 5.91 Å². The summed E-state index contributed by atoms with van der Waals surface area (Å²) < 4.78 is 0. The number of hydrogen-bond acceptors (Lipinski definition) is 4. The van der Waals surface area contributed by atoms with E-state index in [0.29, 0.717) is 12.5 Å². The molecule has 0 aliphatic heterocycles. The van der Waals surface area contributed by atoms with Crippen LogP contribution in [0.2, 0.25) is 0 Å². The maximum absolute atomic E-state index is 12.4. The minimum atomic E-state index is -0.0228. The third kappa shape index (κ3) is 5.24. The summed E-state index contributed by atoms with van der Waals surface area (Å²) in [5.41, 5.74) is 6.79. The van der Waals surface area contributed by atoms with Crippen molar-refractivity contribution in [1.29, 1.82) is 0 Å². The highest BCUT2D eigenvalue weighted by Crippen LogP contribution is 2.31. The molecule has 6 heteroatoms. The van der Waals surface area contributed by atoms with E-state index in [0.717, 1.165) is 16.2 Å². The molecule has 124 valence electrons. The average Bonchev–Trinajstić information content (AvgIpc) is 3.27.